The lowest BCUT2D eigenvalue weighted by atomic mass is 10.0. The first kappa shape index (κ1) is 20.5. The molecular weight excluding hydrogens is 396 g/mol. The molecule has 0 fully saturated rings. The van der Waals surface area contributed by atoms with Gasteiger partial charge in [0.1, 0.15) is 5.75 Å². The molecule has 1 aliphatic rings. The van der Waals surface area contributed by atoms with Gasteiger partial charge in [0.25, 0.3) is 15.9 Å². The van der Waals surface area contributed by atoms with Crippen molar-refractivity contribution >= 4 is 32.9 Å². The Morgan fingerprint density at radius 2 is 1.66 bits per heavy atom. The summed E-state index contributed by atoms with van der Waals surface area (Å²) in [5, 5.41) is 2.64. The van der Waals surface area contributed by atoms with Crippen molar-refractivity contribution in [2.45, 2.75) is 6.92 Å². The molecule has 0 bridgehead atoms. The smallest absolute Gasteiger partial charge is 0.269 e. The van der Waals surface area contributed by atoms with Crippen molar-refractivity contribution in [2.75, 3.05) is 38.0 Å². The van der Waals surface area contributed by atoms with Gasteiger partial charge in [-0.3, -0.25) is 9.10 Å². The monoisotopic (exact) mass is 418 g/mol. The highest BCUT2D eigenvalue weighted by Gasteiger charge is 2.38. The number of hydrogen-bond donors (Lipinski definition) is 1. The molecule has 0 saturated heterocycles. The highest BCUT2D eigenvalue weighted by atomic mass is 32.2. The number of methoxy groups -OCH3 is 3. The minimum absolute atomic E-state index is 0.319. The number of carbonyl (C=O) groups excluding carboxylic acids is 1. The van der Waals surface area contributed by atoms with Gasteiger partial charge in [0.15, 0.2) is 16.4 Å². The van der Waals surface area contributed by atoms with Crippen LogP contribution in [-0.4, -0.2) is 42.7 Å². The average molecular weight is 418 g/mol. The van der Waals surface area contributed by atoms with Gasteiger partial charge < -0.3 is 19.5 Å². The second-order valence-corrected chi connectivity index (χ2v) is 8.24. The van der Waals surface area contributed by atoms with Gasteiger partial charge in [-0.05, 0) is 30.7 Å². The third-order valence-corrected chi connectivity index (χ3v) is 6.66. The van der Waals surface area contributed by atoms with Crippen LogP contribution in [0.2, 0.25) is 0 Å². The molecule has 0 saturated carbocycles. The number of nitrogens with zero attached hydrogens (tertiary/aromatic N) is 1. The van der Waals surface area contributed by atoms with E-state index in [2.05, 4.69) is 5.32 Å². The third kappa shape index (κ3) is 3.49. The van der Waals surface area contributed by atoms with Gasteiger partial charge in [-0.25, -0.2) is 8.42 Å². The maximum Gasteiger partial charge on any atom is 0.269 e. The second kappa shape index (κ2) is 7.67. The van der Waals surface area contributed by atoms with Crippen LogP contribution in [0.15, 0.2) is 41.3 Å². The van der Waals surface area contributed by atoms with Crippen LogP contribution in [0.4, 0.5) is 11.4 Å². The summed E-state index contributed by atoms with van der Waals surface area (Å²) < 4.78 is 43.0. The first-order valence-corrected chi connectivity index (χ1v) is 10.1. The maximum absolute atomic E-state index is 13.1. The fourth-order valence-corrected chi connectivity index (χ4v) is 4.65. The highest BCUT2D eigenvalue weighted by Crippen LogP contribution is 2.44. The minimum atomic E-state index is -4.07. The van der Waals surface area contributed by atoms with Crippen LogP contribution in [0.1, 0.15) is 12.5 Å². The molecule has 1 N–H and O–H groups in total. The number of benzene rings is 2. The standard InChI is InChI=1S/C20H22N2O6S/c1-12-15-10-17(27-4)18(28-5)11-16(15)22(2)29(24,25)19(12)20(23)21-13-7-6-8-14(9-13)26-3/h6-11H,1-5H3,(H,21,23). The molecule has 0 atom stereocenters. The van der Waals surface area contributed by atoms with E-state index in [1.807, 2.05) is 0 Å². The minimum Gasteiger partial charge on any atom is -0.497 e. The van der Waals surface area contributed by atoms with E-state index in [4.69, 9.17) is 14.2 Å². The predicted molar refractivity (Wildman–Crippen MR) is 111 cm³/mol. The van der Waals surface area contributed by atoms with Gasteiger partial charge >= 0.3 is 0 Å². The normalized spacial score (nSPS) is 14.9. The lowest BCUT2D eigenvalue weighted by molar-refractivity contribution is -0.112. The molecule has 0 unspecified atom stereocenters. The maximum atomic E-state index is 13.1. The van der Waals surface area contributed by atoms with E-state index < -0.39 is 15.9 Å². The summed E-state index contributed by atoms with van der Waals surface area (Å²) in [6.45, 7) is 1.59. The van der Waals surface area contributed by atoms with Crippen LogP contribution in [0.25, 0.3) is 5.57 Å². The van der Waals surface area contributed by atoms with Crippen LogP contribution in [0.3, 0.4) is 0 Å². The number of sulfonamides is 1. The molecular formula is C20H22N2O6S. The molecule has 9 heteroatoms. The van der Waals surface area contributed by atoms with Crippen molar-refractivity contribution in [2.24, 2.45) is 0 Å². The lowest BCUT2D eigenvalue weighted by Crippen LogP contribution is -2.36. The fourth-order valence-electron chi connectivity index (χ4n) is 3.19. The molecule has 154 valence electrons. The molecule has 3 rings (SSSR count). The zero-order chi connectivity index (χ0) is 21.3. The Balaban J connectivity index is 2.13. The van der Waals surface area contributed by atoms with Crippen LogP contribution >= 0.6 is 0 Å². The van der Waals surface area contributed by atoms with Crippen molar-refractivity contribution in [3.05, 3.63) is 46.9 Å². The SMILES string of the molecule is COc1cccc(NC(=O)C2=C(C)c3cc(OC)c(OC)cc3N(C)S2(=O)=O)c1. The molecule has 1 heterocycles. The summed E-state index contributed by atoms with van der Waals surface area (Å²) in [5.41, 5.74) is 1.71. The van der Waals surface area contributed by atoms with Gasteiger partial charge in [0, 0.05) is 30.4 Å². The Morgan fingerprint density at radius 3 is 2.28 bits per heavy atom. The zero-order valence-electron chi connectivity index (χ0n) is 16.8. The van der Waals surface area contributed by atoms with Crippen molar-refractivity contribution in [1.29, 1.82) is 0 Å². The van der Waals surface area contributed by atoms with Gasteiger partial charge in [-0.2, -0.15) is 0 Å². The number of carbonyl (C=O) groups is 1. The third-order valence-electron chi connectivity index (χ3n) is 4.74. The fraction of sp³-hybridized carbons (Fsp3) is 0.250. The quantitative estimate of drug-likeness (QED) is 0.803. The first-order valence-electron chi connectivity index (χ1n) is 8.66. The van der Waals surface area contributed by atoms with E-state index in [1.54, 1.807) is 43.3 Å². The van der Waals surface area contributed by atoms with Crippen LogP contribution < -0.4 is 23.8 Å². The average Bonchev–Trinajstić information content (AvgIpc) is 2.71. The number of ether oxygens (including phenoxy) is 3. The second-order valence-electron chi connectivity index (χ2n) is 6.34. The molecule has 2 aromatic rings. The Bertz CT molecular complexity index is 1110. The van der Waals surface area contributed by atoms with E-state index in [9.17, 15) is 13.2 Å². The summed E-state index contributed by atoms with van der Waals surface area (Å²) in [7, 11) is 1.79. The first-order chi connectivity index (χ1) is 13.7. The number of fused-ring (bicyclic) bond motifs is 1. The number of rotatable bonds is 5. The molecule has 8 nitrogen and oxygen atoms in total. The summed E-state index contributed by atoms with van der Waals surface area (Å²) >= 11 is 0. The zero-order valence-corrected chi connectivity index (χ0v) is 17.6. The van der Waals surface area contributed by atoms with Crippen molar-refractivity contribution in [1.82, 2.24) is 0 Å². The van der Waals surface area contributed by atoms with Crippen molar-refractivity contribution in [3.63, 3.8) is 0 Å². The van der Waals surface area contributed by atoms with E-state index in [1.165, 1.54) is 28.4 Å². The van der Waals surface area contributed by atoms with Crippen molar-refractivity contribution in [3.8, 4) is 17.2 Å². The molecule has 0 aliphatic carbocycles. The molecule has 1 aliphatic heterocycles. The van der Waals surface area contributed by atoms with Crippen LogP contribution in [-0.2, 0) is 14.8 Å². The van der Waals surface area contributed by atoms with E-state index >= 15 is 0 Å². The number of hydrogen-bond acceptors (Lipinski definition) is 6. The Kier molecular flexibility index (Phi) is 5.43. The van der Waals surface area contributed by atoms with Gasteiger partial charge in [0.05, 0.1) is 27.0 Å². The molecule has 29 heavy (non-hydrogen) atoms. The largest absolute Gasteiger partial charge is 0.497 e. The van der Waals surface area contributed by atoms with Crippen LogP contribution in [0.5, 0.6) is 17.2 Å². The molecule has 0 spiro atoms. The molecule has 2 aromatic carbocycles. The predicted octanol–water partition coefficient (Wildman–Crippen LogP) is 2.86. The molecule has 0 aromatic heterocycles. The van der Waals surface area contributed by atoms with Crippen LogP contribution in [0, 0.1) is 0 Å². The molecule has 0 radical (unpaired) electrons. The highest BCUT2D eigenvalue weighted by molar-refractivity contribution is 7.97. The Morgan fingerprint density at radius 1 is 1.00 bits per heavy atom. The summed E-state index contributed by atoms with van der Waals surface area (Å²) in [6.07, 6.45) is 0. The number of nitrogens with one attached hydrogen (secondary N) is 1. The lowest BCUT2D eigenvalue weighted by Gasteiger charge is -2.30. The Labute approximate surface area is 169 Å². The van der Waals surface area contributed by atoms with Gasteiger partial charge in [-0.1, -0.05) is 6.07 Å². The number of amides is 1. The summed E-state index contributed by atoms with van der Waals surface area (Å²) in [5.74, 6) is 0.638. The van der Waals surface area contributed by atoms with E-state index in [-0.39, 0.29) is 4.91 Å². The van der Waals surface area contributed by atoms with Gasteiger partial charge in [0.2, 0.25) is 0 Å². The Hall–Kier alpha value is -3.20. The number of anilines is 2. The van der Waals surface area contributed by atoms with E-state index in [0.717, 1.165) is 4.31 Å². The number of allylic oxidation sites excluding steroid dienone is 1. The van der Waals surface area contributed by atoms with Crippen molar-refractivity contribution < 1.29 is 27.4 Å². The topological polar surface area (TPSA) is 94.2 Å². The summed E-state index contributed by atoms with van der Waals surface area (Å²) in [4.78, 5) is 12.6. The van der Waals surface area contributed by atoms with Gasteiger partial charge in [-0.15, -0.1) is 0 Å². The molecule has 1 amide bonds. The summed E-state index contributed by atoms with van der Waals surface area (Å²) in [6, 6.07) is 9.91. The van der Waals surface area contributed by atoms with E-state index in [0.29, 0.717) is 39.8 Å².